The van der Waals surface area contributed by atoms with Crippen molar-refractivity contribution in [3.05, 3.63) is 169 Å². The lowest BCUT2D eigenvalue weighted by Gasteiger charge is -2.17. The summed E-state index contributed by atoms with van der Waals surface area (Å²) in [6, 6.07) is 49.2. The van der Waals surface area contributed by atoms with Crippen molar-refractivity contribution in [1.29, 1.82) is 0 Å². The Labute approximate surface area is 276 Å². The standard InChI is InChI=1S/C44H33N3/c1-30-39(23-12-24-45-30)35-20-10-19-34(25-35)36-26-37(41-22-11-18-31-13-8-9-21-40(31)41)28-38(27-36)44-46-42(32-14-4-2-5-15-32)29-43(47-44)33-16-6-3-7-17-33/h2-7,9-12,14-29H,8,13H2,1H3. The Morgan fingerprint density at radius 3 is 1.85 bits per heavy atom. The fourth-order valence-electron chi connectivity index (χ4n) is 6.54. The average molecular weight is 604 g/mol. The first kappa shape index (κ1) is 28.5. The highest BCUT2D eigenvalue weighted by Gasteiger charge is 2.17. The second-order valence-electron chi connectivity index (χ2n) is 12.0. The molecule has 8 rings (SSSR count). The molecule has 0 N–H and O–H groups in total. The van der Waals surface area contributed by atoms with Crippen LogP contribution in [0.1, 0.15) is 23.2 Å². The summed E-state index contributed by atoms with van der Waals surface area (Å²) in [5.41, 5.74) is 15.5. The highest BCUT2D eigenvalue weighted by Crippen LogP contribution is 2.38. The molecule has 3 heteroatoms. The summed E-state index contributed by atoms with van der Waals surface area (Å²) in [5, 5.41) is 0. The first-order chi connectivity index (χ1) is 23.2. The molecule has 224 valence electrons. The van der Waals surface area contributed by atoms with Crippen molar-refractivity contribution < 1.29 is 0 Å². The minimum Gasteiger partial charge on any atom is -0.261 e. The molecule has 0 amide bonds. The van der Waals surface area contributed by atoms with E-state index in [4.69, 9.17) is 9.97 Å². The van der Waals surface area contributed by atoms with E-state index < -0.39 is 0 Å². The Bertz CT molecular complexity index is 2190. The van der Waals surface area contributed by atoms with Gasteiger partial charge >= 0.3 is 0 Å². The van der Waals surface area contributed by atoms with Gasteiger partial charge in [0.15, 0.2) is 5.82 Å². The van der Waals surface area contributed by atoms with Crippen LogP contribution in [-0.4, -0.2) is 15.0 Å². The number of benzene rings is 5. The number of aryl methyl sites for hydroxylation is 2. The topological polar surface area (TPSA) is 38.7 Å². The van der Waals surface area contributed by atoms with Gasteiger partial charge in [0.25, 0.3) is 0 Å². The quantitative estimate of drug-likeness (QED) is 0.190. The predicted octanol–water partition coefficient (Wildman–Crippen LogP) is 11.1. The monoisotopic (exact) mass is 603 g/mol. The smallest absolute Gasteiger partial charge is 0.160 e. The maximum atomic E-state index is 5.20. The Balaban J connectivity index is 1.36. The number of rotatable bonds is 6. The van der Waals surface area contributed by atoms with Crippen LogP contribution in [0.2, 0.25) is 0 Å². The lowest BCUT2D eigenvalue weighted by molar-refractivity contribution is 0.986. The van der Waals surface area contributed by atoms with Crippen molar-refractivity contribution >= 4 is 6.08 Å². The molecule has 0 saturated carbocycles. The molecule has 0 radical (unpaired) electrons. The van der Waals surface area contributed by atoms with Gasteiger partial charge in [0.05, 0.1) is 11.4 Å². The minimum absolute atomic E-state index is 0.702. The molecule has 0 spiro atoms. The zero-order chi connectivity index (χ0) is 31.6. The minimum atomic E-state index is 0.702. The largest absolute Gasteiger partial charge is 0.261 e. The van der Waals surface area contributed by atoms with E-state index in [1.165, 1.54) is 16.7 Å². The normalized spacial score (nSPS) is 12.1. The van der Waals surface area contributed by atoms with Gasteiger partial charge in [-0.05, 0) is 95.1 Å². The molecule has 2 heterocycles. The molecule has 0 atom stereocenters. The van der Waals surface area contributed by atoms with Gasteiger partial charge in [-0.25, -0.2) is 9.97 Å². The maximum absolute atomic E-state index is 5.20. The number of hydrogen-bond acceptors (Lipinski definition) is 3. The molecule has 0 saturated heterocycles. The van der Waals surface area contributed by atoms with Crippen molar-refractivity contribution in [2.45, 2.75) is 19.8 Å². The molecule has 2 aromatic heterocycles. The lowest BCUT2D eigenvalue weighted by atomic mass is 9.88. The zero-order valence-corrected chi connectivity index (χ0v) is 26.3. The molecule has 0 bridgehead atoms. The number of pyridine rings is 1. The number of hydrogen-bond donors (Lipinski definition) is 0. The number of aromatic nitrogens is 3. The SMILES string of the molecule is Cc1ncccc1-c1cccc(-c2cc(-c3nc(-c4ccccc4)cc(-c4ccccc4)n3)cc(-c3cccc4c3C=CCC4)c2)c1. The summed E-state index contributed by atoms with van der Waals surface area (Å²) >= 11 is 0. The van der Waals surface area contributed by atoms with Gasteiger partial charge in [-0.1, -0.05) is 115 Å². The van der Waals surface area contributed by atoms with Gasteiger partial charge in [-0.3, -0.25) is 4.98 Å². The Morgan fingerprint density at radius 1 is 0.489 bits per heavy atom. The van der Waals surface area contributed by atoms with Gasteiger partial charge in [0, 0.05) is 34.1 Å². The highest BCUT2D eigenvalue weighted by atomic mass is 14.9. The molecule has 0 aliphatic heterocycles. The molecule has 47 heavy (non-hydrogen) atoms. The third-order valence-corrected chi connectivity index (χ3v) is 8.94. The van der Waals surface area contributed by atoms with E-state index in [9.17, 15) is 0 Å². The van der Waals surface area contributed by atoms with Gasteiger partial charge in [0.2, 0.25) is 0 Å². The molecule has 0 unspecified atom stereocenters. The van der Waals surface area contributed by atoms with Crippen molar-refractivity contribution in [2.75, 3.05) is 0 Å². The Kier molecular flexibility index (Phi) is 7.56. The average Bonchev–Trinajstić information content (AvgIpc) is 3.15. The lowest BCUT2D eigenvalue weighted by Crippen LogP contribution is -1.99. The van der Waals surface area contributed by atoms with E-state index in [1.807, 2.05) is 24.4 Å². The summed E-state index contributed by atoms with van der Waals surface area (Å²) in [7, 11) is 0. The van der Waals surface area contributed by atoms with Crippen LogP contribution in [0, 0.1) is 6.92 Å². The van der Waals surface area contributed by atoms with Gasteiger partial charge in [0.1, 0.15) is 0 Å². The fraction of sp³-hybridized carbons (Fsp3) is 0.0682. The van der Waals surface area contributed by atoms with Crippen molar-refractivity contribution in [3.63, 3.8) is 0 Å². The first-order valence-corrected chi connectivity index (χ1v) is 16.2. The molecular weight excluding hydrogens is 571 g/mol. The molecule has 5 aromatic carbocycles. The second-order valence-corrected chi connectivity index (χ2v) is 12.0. The van der Waals surface area contributed by atoms with E-state index in [-0.39, 0.29) is 0 Å². The van der Waals surface area contributed by atoms with E-state index in [2.05, 4.69) is 145 Å². The number of fused-ring (bicyclic) bond motifs is 1. The van der Waals surface area contributed by atoms with Gasteiger partial charge < -0.3 is 0 Å². The molecule has 0 fully saturated rings. The number of allylic oxidation sites excluding steroid dienone is 1. The molecular formula is C44H33N3. The first-order valence-electron chi connectivity index (χ1n) is 16.2. The van der Waals surface area contributed by atoms with E-state index in [1.54, 1.807) is 0 Å². The third-order valence-electron chi connectivity index (χ3n) is 8.94. The maximum Gasteiger partial charge on any atom is 0.160 e. The number of nitrogens with zero attached hydrogens (tertiary/aromatic N) is 3. The van der Waals surface area contributed by atoms with Crippen LogP contribution < -0.4 is 0 Å². The predicted molar refractivity (Wildman–Crippen MR) is 195 cm³/mol. The Hall–Kier alpha value is -5.93. The van der Waals surface area contributed by atoms with Gasteiger partial charge in [-0.15, -0.1) is 0 Å². The van der Waals surface area contributed by atoms with E-state index in [0.29, 0.717) is 5.82 Å². The Morgan fingerprint density at radius 2 is 1.11 bits per heavy atom. The summed E-state index contributed by atoms with van der Waals surface area (Å²) in [6.45, 7) is 2.06. The van der Waals surface area contributed by atoms with Crippen LogP contribution in [0.15, 0.2) is 152 Å². The van der Waals surface area contributed by atoms with Gasteiger partial charge in [-0.2, -0.15) is 0 Å². The van der Waals surface area contributed by atoms with Crippen LogP contribution in [-0.2, 0) is 6.42 Å². The summed E-state index contributed by atoms with van der Waals surface area (Å²) < 4.78 is 0. The van der Waals surface area contributed by atoms with Crippen LogP contribution in [0.5, 0.6) is 0 Å². The van der Waals surface area contributed by atoms with Crippen molar-refractivity contribution in [1.82, 2.24) is 15.0 Å². The highest BCUT2D eigenvalue weighted by molar-refractivity contribution is 5.86. The van der Waals surface area contributed by atoms with Crippen LogP contribution >= 0.6 is 0 Å². The molecule has 3 nitrogen and oxygen atoms in total. The van der Waals surface area contributed by atoms with Crippen LogP contribution in [0.4, 0.5) is 0 Å². The summed E-state index contributed by atoms with van der Waals surface area (Å²) in [5.74, 6) is 0.702. The van der Waals surface area contributed by atoms with Crippen LogP contribution in [0.3, 0.4) is 0 Å². The van der Waals surface area contributed by atoms with Crippen molar-refractivity contribution in [2.24, 2.45) is 0 Å². The molecule has 1 aliphatic carbocycles. The van der Waals surface area contributed by atoms with E-state index in [0.717, 1.165) is 74.4 Å². The summed E-state index contributed by atoms with van der Waals surface area (Å²) in [4.78, 5) is 14.9. The van der Waals surface area contributed by atoms with Crippen LogP contribution in [0.25, 0.3) is 73.4 Å². The second kappa shape index (κ2) is 12.5. The van der Waals surface area contributed by atoms with Crippen molar-refractivity contribution in [3.8, 4) is 67.3 Å². The zero-order valence-electron chi connectivity index (χ0n) is 26.3. The molecule has 7 aromatic rings. The molecule has 1 aliphatic rings. The fourth-order valence-corrected chi connectivity index (χ4v) is 6.54. The third kappa shape index (κ3) is 5.80. The van der Waals surface area contributed by atoms with E-state index >= 15 is 0 Å². The summed E-state index contributed by atoms with van der Waals surface area (Å²) in [6.07, 6.45) is 8.55.